The Labute approximate surface area is 64.6 Å². The van der Waals surface area contributed by atoms with Crippen LogP contribution < -0.4 is 0 Å². The SMILES string of the molecule is O=CCCCCOP(=O)(O)O. The first-order chi connectivity index (χ1) is 5.06. The van der Waals surface area contributed by atoms with E-state index < -0.39 is 7.82 Å². The van der Waals surface area contributed by atoms with Crippen molar-refractivity contribution in [2.45, 2.75) is 19.3 Å². The topological polar surface area (TPSA) is 83.8 Å². The molecule has 0 aliphatic rings. The van der Waals surface area contributed by atoms with Gasteiger partial charge in [-0.3, -0.25) is 4.52 Å². The van der Waals surface area contributed by atoms with Crippen molar-refractivity contribution in [2.75, 3.05) is 6.61 Å². The Morgan fingerprint density at radius 1 is 1.36 bits per heavy atom. The van der Waals surface area contributed by atoms with Crippen LogP contribution in [0.4, 0.5) is 0 Å². The van der Waals surface area contributed by atoms with E-state index in [9.17, 15) is 9.36 Å². The van der Waals surface area contributed by atoms with Gasteiger partial charge in [0, 0.05) is 6.42 Å². The quantitative estimate of drug-likeness (QED) is 0.354. The summed E-state index contributed by atoms with van der Waals surface area (Å²) in [5.41, 5.74) is 0. The van der Waals surface area contributed by atoms with Crippen molar-refractivity contribution in [3.05, 3.63) is 0 Å². The van der Waals surface area contributed by atoms with E-state index in [2.05, 4.69) is 4.52 Å². The van der Waals surface area contributed by atoms with Gasteiger partial charge in [-0.2, -0.15) is 0 Å². The zero-order valence-electron chi connectivity index (χ0n) is 5.97. The van der Waals surface area contributed by atoms with Gasteiger partial charge in [-0.05, 0) is 12.8 Å². The van der Waals surface area contributed by atoms with E-state index in [0.29, 0.717) is 19.3 Å². The maximum Gasteiger partial charge on any atom is 0.469 e. The van der Waals surface area contributed by atoms with Crippen LogP contribution in [0.1, 0.15) is 19.3 Å². The summed E-state index contributed by atoms with van der Waals surface area (Å²) in [4.78, 5) is 26.2. The Hall–Kier alpha value is -0.220. The van der Waals surface area contributed by atoms with Gasteiger partial charge in [-0.1, -0.05) is 0 Å². The number of phosphoric acid groups is 1. The van der Waals surface area contributed by atoms with Crippen LogP contribution in [-0.2, 0) is 13.9 Å². The van der Waals surface area contributed by atoms with Crippen molar-refractivity contribution in [3.63, 3.8) is 0 Å². The van der Waals surface area contributed by atoms with Gasteiger partial charge in [0.05, 0.1) is 6.61 Å². The van der Waals surface area contributed by atoms with Crippen LogP contribution in [0.3, 0.4) is 0 Å². The molecule has 0 amide bonds. The lowest BCUT2D eigenvalue weighted by atomic mass is 10.3. The Balaban J connectivity index is 3.15. The summed E-state index contributed by atoms with van der Waals surface area (Å²) in [6, 6.07) is 0. The Kier molecular flexibility index (Phi) is 5.32. The van der Waals surface area contributed by atoms with E-state index in [-0.39, 0.29) is 6.61 Å². The smallest absolute Gasteiger partial charge is 0.303 e. The van der Waals surface area contributed by atoms with Crippen LogP contribution in [0.5, 0.6) is 0 Å². The fourth-order valence-electron chi connectivity index (χ4n) is 0.513. The molecule has 5 nitrogen and oxygen atoms in total. The summed E-state index contributed by atoms with van der Waals surface area (Å²) >= 11 is 0. The highest BCUT2D eigenvalue weighted by Gasteiger charge is 2.11. The number of phosphoric ester groups is 1. The molecule has 66 valence electrons. The lowest BCUT2D eigenvalue weighted by molar-refractivity contribution is -0.107. The van der Waals surface area contributed by atoms with E-state index in [1.165, 1.54) is 0 Å². The highest BCUT2D eigenvalue weighted by atomic mass is 31.2. The molecule has 0 unspecified atom stereocenters. The molecule has 0 spiro atoms. The maximum atomic E-state index is 10.1. The van der Waals surface area contributed by atoms with Gasteiger partial charge in [0.15, 0.2) is 0 Å². The van der Waals surface area contributed by atoms with Gasteiger partial charge >= 0.3 is 7.82 Å². The number of hydrogen-bond donors (Lipinski definition) is 2. The second-order valence-electron chi connectivity index (χ2n) is 1.99. The van der Waals surface area contributed by atoms with Crippen LogP contribution in [0, 0.1) is 0 Å². The normalized spacial score (nSPS) is 11.5. The molecule has 0 radical (unpaired) electrons. The van der Waals surface area contributed by atoms with Crippen molar-refractivity contribution < 1.29 is 23.7 Å². The Bertz CT molecular complexity index is 151. The molecule has 0 aromatic carbocycles. The third-order valence-corrected chi connectivity index (χ3v) is 1.49. The van der Waals surface area contributed by atoms with Gasteiger partial charge in [0.1, 0.15) is 6.29 Å². The van der Waals surface area contributed by atoms with Crippen molar-refractivity contribution in [3.8, 4) is 0 Å². The lowest BCUT2D eigenvalue weighted by Crippen LogP contribution is -1.92. The molecule has 0 aromatic rings. The van der Waals surface area contributed by atoms with Crippen molar-refractivity contribution in [2.24, 2.45) is 0 Å². The third kappa shape index (κ3) is 9.78. The highest BCUT2D eigenvalue weighted by Crippen LogP contribution is 2.35. The molecule has 6 heteroatoms. The zero-order valence-corrected chi connectivity index (χ0v) is 6.87. The largest absolute Gasteiger partial charge is 0.469 e. The minimum absolute atomic E-state index is 0.00187. The Morgan fingerprint density at radius 3 is 2.45 bits per heavy atom. The molecule has 0 atom stereocenters. The van der Waals surface area contributed by atoms with Gasteiger partial charge in [-0.15, -0.1) is 0 Å². The zero-order chi connectivity index (χ0) is 8.74. The minimum atomic E-state index is -4.30. The maximum absolute atomic E-state index is 10.1. The predicted molar refractivity (Wildman–Crippen MR) is 37.9 cm³/mol. The molecule has 0 fully saturated rings. The molecular weight excluding hydrogens is 171 g/mol. The number of unbranched alkanes of at least 4 members (excludes halogenated alkanes) is 2. The molecule has 0 rings (SSSR count). The molecule has 11 heavy (non-hydrogen) atoms. The summed E-state index contributed by atoms with van der Waals surface area (Å²) in [5.74, 6) is 0. The average Bonchev–Trinajstić information content (AvgIpc) is 1.85. The van der Waals surface area contributed by atoms with Crippen LogP contribution >= 0.6 is 7.82 Å². The van der Waals surface area contributed by atoms with Gasteiger partial charge in [0.2, 0.25) is 0 Å². The monoisotopic (exact) mass is 182 g/mol. The van der Waals surface area contributed by atoms with E-state index in [1.807, 2.05) is 0 Å². The second-order valence-corrected chi connectivity index (χ2v) is 3.23. The van der Waals surface area contributed by atoms with Gasteiger partial charge in [-0.25, -0.2) is 4.57 Å². The molecule has 0 saturated carbocycles. The highest BCUT2D eigenvalue weighted by molar-refractivity contribution is 7.46. The van der Waals surface area contributed by atoms with E-state index in [0.717, 1.165) is 6.29 Å². The summed E-state index contributed by atoms with van der Waals surface area (Å²) in [7, 11) is -4.30. The van der Waals surface area contributed by atoms with E-state index >= 15 is 0 Å². The van der Waals surface area contributed by atoms with Crippen LogP contribution in [0.15, 0.2) is 0 Å². The van der Waals surface area contributed by atoms with E-state index in [4.69, 9.17) is 9.79 Å². The van der Waals surface area contributed by atoms with Crippen LogP contribution in [0.25, 0.3) is 0 Å². The number of hydrogen-bond acceptors (Lipinski definition) is 3. The average molecular weight is 182 g/mol. The van der Waals surface area contributed by atoms with Crippen LogP contribution in [0.2, 0.25) is 0 Å². The molecule has 0 heterocycles. The summed E-state index contributed by atoms with van der Waals surface area (Å²) < 4.78 is 14.2. The first-order valence-electron chi connectivity index (χ1n) is 3.20. The molecule has 0 aliphatic heterocycles. The fraction of sp³-hybridized carbons (Fsp3) is 0.800. The third-order valence-electron chi connectivity index (χ3n) is 0.976. The Morgan fingerprint density at radius 2 is 2.00 bits per heavy atom. The first-order valence-corrected chi connectivity index (χ1v) is 4.73. The van der Waals surface area contributed by atoms with Gasteiger partial charge in [0.25, 0.3) is 0 Å². The summed E-state index contributed by atoms with van der Waals surface area (Å²) in [5, 5.41) is 0. The van der Waals surface area contributed by atoms with Gasteiger partial charge < -0.3 is 14.6 Å². The van der Waals surface area contributed by atoms with Crippen molar-refractivity contribution in [1.29, 1.82) is 0 Å². The second kappa shape index (κ2) is 5.43. The molecule has 0 bridgehead atoms. The predicted octanol–water partition coefficient (Wildman–Crippen LogP) is 0.465. The number of aldehydes is 1. The molecule has 0 aliphatic carbocycles. The number of rotatable bonds is 6. The molecular formula is C5H11O5P. The summed E-state index contributed by atoms with van der Waals surface area (Å²) in [6.45, 7) is -0.00187. The molecule has 0 saturated heterocycles. The standard InChI is InChI=1S/C5H11O5P/c6-4-2-1-3-5-10-11(7,8)9/h4H,1-3,5H2,(H2,7,8,9). The first kappa shape index (κ1) is 10.8. The molecule has 2 N–H and O–H groups in total. The molecule has 0 aromatic heterocycles. The number of carbonyl (C=O) groups excluding carboxylic acids is 1. The van der Waals surface area contributed by atoms with Crippen molar-refractivity contribution in [1.82, 2.24) is 0 Å². The number of carbonyl (C=O) groups is 1. The van der Waals surface area contributed by atoms with E-state index in [1.54, 1.807) is 0 Å². The van der Waals surface area contributed by atoms with Crippen molar-refractivity contribution >= 4 is 14.1 Å². The minimum Gasteiger partial charge on any atom is -0.303 e. The summed E-state index contributed by atoms with van der Waals surface area (Å²) in [6.07, 6.45) is 2.26. The lowest BCUT2D eigenvalue weighted by Gasteiger charge is -2.02. The van der Waals surface area contributed by atoms with Crippen LogP contribution in [-0.4, -0.2) is 22.7 Å². The fourth-order valence-corrected chi connectivity index (χ4v) is 0.880.